The quantitative estimate of drug-likeness (QED) is 0.0843. The number of aliphatic hydroxyl groups is 2. The van der Waals surface area contributed by atoms with Crippen molar-refractivity contribution in [3.05, 3.63) is 215 Å². The highest BCUT2D eigenvalue weighted by atomic mass is 19.1. The van der Waals surface area contributed by atoms with Crippen molar-refractivity contribution in [2.45, 2.75) is 50.0 Å². The smallest absolute Gasteiger partial charge is 0.233 e. The van der Waals surface area contributed by atoms with E-state index >= 15 is 0 Å². The average molecular weight is 861 g/mol. The van der Waals surface area contributed by atoms with Crippen LogP contribution in [0.5, 0.6) is 0 Å². The highest BCUT2D eigenvalue weighted by Crippen LogP contribution is 2.48. The predicted molar refractivity (Wildman–Crippen MR) is 239 cm³/mol. The summed E-state index contributed by atoms with van der Waals surface area (Å²) < 4.78 is 54.7. The number of amides is 2. The molecular weight excluding hydrogens is 817 g/mol. The first-order chi connectivity index (χ1) is 31.0. The summed E-state index contributed by atoms with van der Waals surface area (Å²) in [6.45, 7) is 0. The number of benzene rings is 7. The minimum Gasteiger partial charge on any atom is -0.388 e. The lowest BCUT2D eigenvalue weighted by Gasteiger charge is -2.48. The zero-order valence-corrected chi connectivity index (χ0v) is 34.6. The standard InChI is InChI=1S/C54H44F4N2O4/c55-41-17-13-37(14-18-41)49(61)31-29-47-51(59(53(47)63)45-25-21-43(57)22-26-45)39-9-5-35(6-10-39)33-1-2-34(4-3-33)36-7-11-40(12-8-36)52-48(30-32-50(62)38-15-19-42(56)20-16-38)54(64)60(52)46-27-23-44(58)24-28-46/h1-28,47-52,61-62H,29-32H2/t47-,48-,49+,50+,51-,52-/m1/s1. The summed E-state index contributed by atoms with van der Waals surface area (Å²) >= 11 is 0. The summed E-state index contributed by atoms with van der Waals surface area (Å²) in [6.07, 6.45) is -0.296. The Balaban J connectivity index is 0.900. The van der Waals surface area contributed by atoms with Gasteiger partial charge in [0.05, 0.1) is 36.1 Å². The predicted octanol–water partition coefficient (Wildman–Crippen LogP) is 12.0. The summed E-state index contributed by atoms with van der Waals surface area (Å²) in [6, 6.07) is 46.6. The molecule has 6 nitrogen and oxygen atoms in total. The van der Waals surface area contributed by atoms with Crippen LogP contribution in [-0.4, -0.2) is 22.0 Å². The molecular formula is C54H44F4N2O4. The van der Waals surface area contributed by atoms with Gasteiger partial charge in [-0.2, -0.15) is 0 Å². The van der Waals surface area contributed by atoms with Gasteiger partial charge in [-0.25, -0.2) is 17.6 Å². The van der Waals surface area contributed by atoms with Crippen molar-refractivity contribution in [1.82, 2.24) is 0 Å². The van der Waals surface area contributed by atoms with Gasteiger partial charge in [0.15, 0.2) is 0 Å². The highest BCUT2D eigenvalue weighted by molar-refractivity contribution is 6.04. The van der Waals surface area contributed by atoms with Crippen LogP contribution in [0.4, 0.5) is 28.9 Å². The molecule has 0 radical (unpaired) electrons. The van der Waals surface area contributed by atoms with Crippen LogP contribution in [0.3, 0.4) is 0 Å². The summed E-state index contributed by atoms with van der Waals surface area (Å²) in [4.78, 5) is 30.6. The number of rotatable bonds is 14. The number of hydrogen-bond acceptors (Lipinski definition) is 4. The lowest BCUT2D eigenvalue weighted by Crippen LogP contribution is -2.55. The van der Waals surface area contributed by atoms with E-state index in [1.807, 2.05) is 72.8 Å². The molecule has 2 fully saturated rings. The maximum Gasteiger partial charge on any atom is 0.233 e. The first-order valence-electron chi connectivity index (χ1n) is 21.4. The van der Waals surface area contributed by atoms with Gasteiger partial charge >= 0.3 is 0 Å². The Hall–Kier alpha value is -6.88. The van der Waals surface area contributed by atoms with Gasteiger partial charge in [-0.1, -0.05) is 97.1 Å². The molecule has 322 valence electrons. The van der Waals surface area contributed by atoms with Crippen molar-refractivity contribution in [2.24, 2.45) is 11.8 Å². The average Bonchev–Trinajstić information content (AvgIpc) is 3.31. The minimum atomic E-state index is -0.858. The third kappa shape index (κ3) is 8.59. The molecule has 9 rings (SSSR count). The van der Waals surface area contributed by atoms with E-state index in [9.17, 15) is 37.4 Å². The fraction of sp³-hybridized carbons (Fsp3) is 0.185. The maximum absolute atomic E-state index is 13.9. The Morgan fingerprint density at radius 2 is 0.656 bits per heavy atom. The number of anilines is 2. The van der Waals surface area contributed by atoms with Crippen molar-refractivity contribution in [3.63, 3.8) is 0 Å². The number of halogens is 4. The molecule has 2 N–H and O–H groups in total. The number of aliphatic hydroxyl groups excluding tert-OH is 2. The molecule has 0 unspecified atom stereocenters. The summed E-state index contributed by atoms with van der Waals surface area (Å²) in [5, 5.41) is 21.7. The van der Waals surface area contributed by atoms with Gasteiger partial charge in [-0.05, 0) is 143 Å². The van der Waals surface area contributed by atoms with Gasteiger partial charge in [0.2, 0.25) is 11.8 Å². The zero-order chi connectivity index (χ0) is 44.5. The monoisotopic (exact) mass is 860 g/mol. The Morgan fingerprint density at radius 3 is 0.953 bits per heavy atom. The zero-order valence-electron chi connectivity index (χ0n) is 34.6. The number of carbonyl (C=O) groups excluding carboxylic acids is 2. The molecule has 0 aliphatic carbocycles. The van der Waals surface area contributed by atoms with Gasteiger partial charge in [-0.15, -0.1) is 0 Å². The molecule has 2 aliphatic heterocycles. The van der Waals surface area contributed by atoms with Crippen LogP contribution in [0.15, 0.2) is 170 Å². The lowest BCUT2D eigenvalue weighted by atomic mass is 9.78. The molecule has 0 bridgehead atoms. The third-order valence-corrected chi connectivity index (χ3v) is 12.7. The van der Waals surface area contributed by atoms with Crippen LogP contribution in [-0.2, 0) is 9.59 Å². The van der Waals surface area contributed by atoms with E-state index in [0.717, 1.165) is 33.4 Å². The van der Waals surface area contributed by atoms with E-state index in [2.05, 4.69) is 0 Å². The van der Waals surface area contributed by atoms with E-state index in [1.54, 1.807) is 58.3 Å². The molecule has 10 heteroatoms. The molecule has 0 aromatic heterocycles. The van der Waals surface area contributed by atoms with Gasteiger partial charge in [0.25, 0.3) is 0 Å². The van der Waals surface area contributed by atoms with Crippen molar-refractivity contribution in [3.8, 4) is 22.3 Å². The van der Waals surface area contributed by atoms with Crippen molar-refractivity contribution in [2.75, 3.05) is 9.80 Å². The van der Waals surface area contributed by atoms with Gasteiger partial charge in [-0.3, -0.25) is 9.59 Å². The van der Waals surface area contributed by atoms with Crippen LogP contribution in [0.25, 0.3) is 22.3 Å². The second-order valence-corrected chi connectivity index (χ2v) is 16.6. The van der Waals surface area contributed by atoms with Crippen LogP contribution < -0.4 is 9.80 Å². The lowest BCUT2D eigenvalue weighted by molar-refractivity contribution is -0.131. The van der Waals surface area contributed by atoms with E-state index in [1.165, 1.54) is 48.5 Å². The normalized spacial score (nSPS) is 19.2. The summed E-state index contributed by atoms with van der Waals surface area (Å²) in [5.41, 5.74) is 8.06. The molecule has 0 spiro atoms. The van der Waals surface area contributed by atoms with Crippen LogP contribution in [0, 0.1) is 35.1 Å². The Morgan fingerprint density at radius 1 is 0.391 bits per heavy atom. The molecule has 2 amide bonds. The fourth-order valence-corrected chi connectivity index (χ4v) is 9.18. The second-order valence-electron chi connectivity index (χ2n) is 16.6. The summed E-state index contributed by atoms with van der Waals surface area (Å²) in [5.74, 6) is -2.64. The number of hydrogen-bond donors (Lipinski definition) is 2. The van der Waals surface area contributed by atoms with E-state index < -0.39 is 47.3 Å². The molecule has 7 aromatic rings. The van der Waals surface area contributed by atoms with E-state index in [0.29, 0.717) is 48.2 Å². The molecule has 6 atom stereocenters. The highest BCUT2D eigenvalue weighted by Gasteiger charge is 2.49. The van der Waals surface area contributed by atoms with Gasteiger partial charge < -0.3 is 20.0 Å². The minimum absolute atomic E-state index is 0.111. The second kappa shape index (κ2) is 18.1. The Kier molecular flexibility index (Phi) is 12.0. The maximum atomic E-state index is 13.9. The van der Waals surface area contributed by atoms with E-state index in [-0.39, 0.29) is 23.9 Å². The van der Waals surface area contributed by atoms with E-state index in [4.69, 9.17) is 0 Å². The van der Waals surface area contributed by atoms with Gasteiger partial charge in [0, 0.05) is 11.4 Å². The van der Waals surface area contributed by atoms with Crippen molar-refractivity contribution in [1.29, 1.82) is 0 Å². The molecule has 2 saturated heterocycles. The topological polar surface area (TPSA) is 81.1 Å². The summed E-state index contributed by atoms with van der Waals surface area (Å²) in [7, 11) is 0. The number of β-lactam (4-membered cyclic amide) rings is 2. The van der Waals surface area contributed by atoms with Crippen LogP contribution in [0.1, 0.15) is 72.2 Å². The molecule has 2 heterocycles. The molecule has 7 aromatic carbocycles. The number of carbonyl (C=O) groups is 2. The van der Waals surface area contributed by atoms with Gasteiger partial charge in [0.1, 0.15) is 23.3 Å². The third-order valence-electron chi connectivity index (χ3n) is 12.7. The first kappa shape index (κ1) is 42.4. The van der Waals surface area contributed by atoms with Crippen molar-refractivity contribution >= 4 is 23.2 Å². The van der Waals surface area contributed by atoms with Crippen LogP contribution in [0.2, 0.25) is 0 Å². The largest absolute Gasteiger partial charge is 0.388 e. The first-order valence-corrected chi connectivity index (χ1v) is 21.4. The Bertz CT molecular complexity index is 2540. The van der Waals surface area contributed by atoms with Crippen LogP contribution >= 0.6 is 0 Å². The van der Waals surface area contributed by atoms with Crippen molar-refractivity contribution < 1.29 is 37.4 Å². The number of nitrogens with zero attached hydrogens (tertiary/aromatic N) is 2. The SMILES string of the molecule is O=C1[C@H](CC[C@H](O)c2ccc(F)cc2)[C@@H](c2ccc(-c3ccc(-c4ccc([C@@H]5[C@@H](CC[C@H](O)c6ccc(F)cc6)C(=O)N5c5ccc(F)cc5)cc4)cc3)cc2)N1c1ccc(F)cc1. The molecule has 2 aliphatic rings. The molecule has 0 saturated carbocycles. The fourth-order valence-electron chi connectivity index (χ4n) is 9.18. The molecule has 64 heavy (non-hydrogen) atoms. The Labute approximate surface area is 368 Å².